The predicted molar refractivity (Wildman–Crippen MR) is 82.8 cm³/mol. The van der Waals surface area contributed by atoms with Gasteiger partial charge in [-0.2, -0.15) is 0 Å². The molecule has 1 aromatic carbocycles. The average Bonchev–Trinajstić information content (AvgIpc) is 2.35. The first-order chi connectivity index (χ1) is 9.38. The Balaban J connectivity index is 2.31. The van der Waals surface area contributed by atoms with Crippen LogP contribution >= 0.6 is 15.9 Å². The van der Waals surface area contributed by atoms with Gasteiger partial charge in [-0.1, -0.05) is 15.9 Å². The van der Waals surface area contributed by atoms with Gasteiger partial charge in [-0.25, -0.2) is 9.78 Å². The highest BCUT2D eigenvalue weighted by Crippen LogP contribution is 2.26. The molecule has 0 aliphatic rings. The average molecular weight is 335 g/mol. The summed E-state index contributed by atoms with van der Waals surface area (Å²) < 4.78 is 1.09. The molecule has 1 heterocycles. The topological polar surface area (TPSA) is 62.2 Å². The Bertz CT molecular complexity index is 661. The van der Waals surface area contributed by atoms with Gasteiger partial charge < -0.3 is 10.4 Å². The molecule has 0 bridgehead atoms. The van der Waals surface area contributed by atoms with Crippen LogP contribution in [0.1, 0.15) is 27.2 Å². The Morgan fingerprint density at radius 1 is 1.20 bits per heavy atom. The van der Waals surface area contributed by atoms with E-state index in [-0.39, 0.29) is 5.56 Å². The van der Waals surface area contributed by atoms with Crippen molar-refractivity contribution < 1.29 is 9.90 Å². The molecule has 2 aromatic rings. The van der Waals surface area contributed by atoms with Crippen molar-refractivity contribution >= 4 is 33.4 Å². The molecule has 0 radical (unpaired) electrons. The summed E-state index contributed by atoms with van der Waals surface area (Å²) in [6, 6.07) is 7.26. The van der Waals surface area contributed by atoms with Gasteiger partial charge in [0, 0.05) is 10.2 Å². The fourth-order valence-corrected chi connectivity index (χ4v) is 2.25. The molecule has 2 rings (SSSR count). The molecule has 0 atom stereocenters. The summed E-state index contributed by atoms with van der Waals surface area (Å²) in [4.78, 5) is 15.2. The van der Waals surface area contributed by atoms with Gasteiger partial charge in [-0.05, 0) is 56.2 Å². The number of rotatable bonds is 3. The molecule has 0 saturated carbocycles. The maximum atomic E-state index is 11.0. The normalized spacial score (nSPS) is 10.4. The van der Waals surface area contributed by atoms with Crippen LogP contribution in [0, 0.1) is 20.8 Å². The molecular weight excluding hydrogens is 320 g/mol. The van der Waals surface area contributed by atoms with Crippen LogP contribution in [0.3, 0.4) is 0 Å². The van der Waals surface area contributed by atoms with Crippen molar-refractivity contribution in [2.24, 2.45) is 0 Å². The maximum absolute atomic E-state index is 11.0. The fraction of sp³-hybridized carbons (Fsp3) is 0.200. The van der Waals surface area contributed by atoms with Crippen LogP contribution in [0.5, 0.6) is 0 Å². The number of nitrogens with zero attached hydrogens (tertiary/aromatic N) is 1. The van der Waals surface area contributed by atoms with Gasteiger partial charge in [0.1, 0.15) is 5.82 Å². The zero-order valence-electron chi connectivity index (χ0n) is 11.5. The number of nitrogens with one attached hydrogen (secondary N) is 1. The Morgan fingerprint density at radius 3 is 2.30 bits per heavy atom. The third-order valence-corrected chi connectivity index (χ3v) is 4.28. The van der Waals surface area contributed by atoms with Crippen molar-refractivity contribution in [1.29, 1.82) is 0 Å². The molecule has 20 heavy (non-hydrogen) atoms. The second kappa shape index (κ2) is 5.63. The first kappa shape index (κ1) is 14.5. The number of halogens is 1. The molecule has 0 fully saturated rings. The van der Waals surface area contributed by atoms with Crippen LogP contribution in [0.2, 0.25) is 0 Å². The highest BCUT2D eigenvalue weighted by molar-refractivity contribution is 9.10. The Labute approximate surface area is 126 Å². The third kappa shape index (κ3) is 2.99. The monoisotopic (exact) mass is 334 g/mol. The molecular formula is C15H15BrN2O2. The minimum atomic E-state index is -0.961. The summed E-state index contributed by atoms with van der Waals surface area (Å²) in [6.45, 7) is 5.73. The third-order valence-electron chi connectivity index (χ3n) is 3.03. The SMILES string of the molecule is Cc1cc(Nc2ccc(C(=O)O)c(C)n2)cc(C)c1Br. The zero-order valence-corrected chi connectivity index (χ0v) is 13.1. The lowest BCUT2D eigenvalue weighted by Gasteiger charge is -2.11. The fourth-order valence-electron chi connectivity index (χ4n) is 2.02. The van der Waals surface area contributed by atoms with E-state index >= 15 is 0 Å². The van der Waals surface area contributed by atoms with Crippen molar-refractivity contribution in [3.63, 3.8) is 0 Å². The lowest BCUT2D eigenvalue weighted by molar-refractivity contribution is 0.0695. The Kier molecular flexibility index (Phi) is 4.09. The number of carboxylic acid groups (broad SMARTS) is 1. The van der Waals surface area contributed by atoms with E-state index in [4.69, 9.17) is 5.11 Å². The smallest absolute Gasteiger partial charge is 0.337 e. The highest BCUT2D eigenvalue weighted by Gasteiger charge is 2.09. The van der Waals surface area contributed by atoms with Crippen molar-refractivity contribution in [2.75, 3.05) is 5.32 Å². The number of hydrogen-bond acceptors (Lipinski definition) is 3. The van der Waals surface area contributed by atoms with E-state index in [0.717, 1.165) is 21.3 Å². The number of aromatic carboxylic acids is 1. The minimum absolute atomic E-state index is 0.221. The standard InChI is InChI=1S/C15H15BrN2O2/c1-8-6-11(7-9(2)14(8)16)18-13-5-4-12(15(19)20)10(3)17-13/h4-7H,1-3H3,(H,17,18)(H,19,20). The lowest BCUT2D eigenvalue weighted by atomic mass is 10.1. The number of carboxylic acids is 1. The summed E-state index contributed by atoms with van der Waals surface area (Å²) >= 11 is 3.53. The second-order valence-electron chi connectivity index (χ2n) is 4.68. The van der Waals surface area contributed by atoms with Crippen LogP contribution in [-0.2, 0) is 0 Å². The van der Waals surface area contributed by atoms with Gasteiger partial charge in [-0.3, -0.25) is 0 Å². The summed E-state index contributed by atoms with van der Waals surface area (Å²) in [5.74, 6) is -0.328. The van der Waals surface area contributed by atoms with E-state index in [2.05, 4.69) is 26.2 Å². The number of hydrogen-bond donors (Lipinski definition) is 2. The molecule has 1 aromatic heterocycles. The van der Waals surface area contributed by atoms with E-state index in [9.17, 15) is 4.79 Å². The van der Waals surface area contributed by atoms with E-state index in [1.54, 1.807) is 19.1 Å². The van der Waals surface area contributed by atoms with Gasteiger partial charge in [0.05, 0.1) is 11.3 Å². The van der Waals surface area contributed by atoms with Crippen LogP contribution in [-0.4, -0.2) is 16.1 Å². The Hall–Kier alpha value is -1.88. The molecule has 0 unspecified atom stereocenters. The van der Waals surface area contributed by atoms with Crippen molar-refractivity contribution in [3.8, 4) is 0 Å². The number of carbonyl (C=O) groups is 1. The van der Waals surface area contributed by atoms with E-state index in [0.29, 0.717) is 11.5 Å². The van der Waals surface area contributed by atoms with Crippen LogP contribution in [0.15, 0.2) is 28.7 Å². The number of benzene rings is 1. The van der Waals surface area contributed by atoms with Crippen LogP contribution in [0.25, 0.3) is 0 Å². The van der Waals surface area contributed by atoms with Crippen molar-refractivity contribution in [3.05, 3.63) is 51.1 Å². The lowest BCUT2D eigenvalue weighted by Crippen LogP contribution is -2.03. The van der Waals surface area contributed by atoms with Crippen LogP contribution < -0.4 is 5.32 Å². The largest absolute Gasteiger partial charge is 0.478 e. The number of anilines is 2. The number of aromatic nitrogens is 1. The first-order valence-electron chi connectivity index (χ1n) is 6.13. The molecule has 4 nitrogen and oxygen atoms in total. The summed E-state index contributed by atoms with van der Waals surface area (Å²) in [7, 11) is 0. The molecule has 0 aliphatic carbocycles. The van der Waals surface area contributed by atoms with E-state index < -0.39 is 5.97 Å². The summed E-state index contributed by atoms with van der Waals surface area (Å²) in [5, 5.41) is 12.2. The molecule has 0 aliphatic heterocycles. The Morgan fingerprint density at radius 2 is 1.80 bits per heavy atom. The number of aryl methyl sites for hydroxylation is 3. The maximum Gasteiger partial charge on any atom is 0.337 e. The second-order valence-corrected chi connectivity index (χ2v) is 5.48. The van der Waals surface area contributed by atoms with Gasteiger partial charge in [0.15, 0.2) is 0 Å². The van der Waals surface area contributed by atoms with Gasteiger partial charge in [-0.15, -0.1) is 0 Å². The highest BCUT2D eigenvalue weighted by atomic mass is 79.9. The summed E-state index contributed by atoms with van der Waals surface area (Å²) in [5.41, 5.74) is 3.91. The molecule has 104 valence electrons. The molecule has 5 heteroatoms. The zero-order chi connectivity index (χ0) is 14.9. The molecule has 2 N–H and O–H groups in total. The van der Waals surface area contributed by atoms with Crippen molar-refractivity contribution in [1.82, 2.24) is 4.98 Å². The summed E-state index contributed by atoms with van der Waals surface area (Å²) in [6.07, 6.45) is 0. The molecule has 0 saturated heterocycles. The predicted octanol–water partition coefficient (Wildman–Crippen LogP) is 4.21. The van der Waals surface area contributed by atoms with Gasteiger partial charge in [0.25, 0.3) is 0 Å². The van der Waals surface area contributed by atoms with Gasteiger partial charge in [0.2, 0.25) is 0 Å². The van der Waals surface area contributed by atoms with Crippen LogP contribution in [0.4, 0.5) is 11.5 Å². The van der Waals surface area contributed by atoms with Gasteiger partial charge >= 0.3 is 5.97 Å². The quantitative estimate of drug-likeness (QED) is 0.882. The first-order valence-corrected chi connectivity index (χ1v) is 6.92. The molecule has 0 amide bonds. The van der Waals surface area contributed by atoms with E-state index in [1.807, 2.05) is 26.0 Å². The van der Waals surface area contributed by atoms with Crippen molar-refractivity contribution in [2.45, 2.75) is 20.8 Å². The van der Waals surface area contributed by atoms with E-state index in [1.165, 1.54) is 0 Å². The number of pyridine rings is 1. The molecule has 0 spiro atoms. The minimum Gasteiger partial charge on any atom is -0.478 e.